The number of hydrogen-bond donors (Lipinski definition) is 2. The Bertz CT molecular complexity index is 1140. The lowest BCUT2D eigenvalue weighted by atomic mass is 10.2. The lowest BCUT2D eigenvalue weighted by Gasteiger charge is -2.34. The second kappa shape index (κ2) is 8.07. The fourth-order valence-corrected chi connectivity index (χ4v) is 4.09. The van der Waals surface area contributed by atoms with Gasteiger partial charge in [0.05, 0.1) is 15.8 Å². The predicted molar refractivity (Wildman–Crippen MR) is 109 cm³/mol. The summed E-state index contributed by atoms with van der Waals surface area (Å²) in [6.45, 7) is 1.34. The van der Waals surface area contributed by atoms with E-state index >= 15 is 0 Å². The SMILES string of the molecule is O=C(O)c1ccc2nc(NC(=O)N3CCN(C(=O)c4cccc(F)c4)CC3)sc2c1. The molecule has 1 aliphatic rings. The molecule has 1 aromatic heterocycles. The van der Waals surface area contributed by atoms with Gasteiger partial charge in [-0.05, 0) is 36.4 Å². The van der Waals surface area contributed by atoms with Crippen molar-refractivity contribution in [3.63, 3.8) is 0 Å². The van der Waals surface area contributed by atoms with Crippen molar-refractivity contribution in [1.29, 1.82) is 0 Å². The van der Waals surface area contributed by atoms with Crippen molar-refractivity contribution in [1.82, 2.24) is 14.8 Å². The lowest BCUT2D eigenvalue weighted by Crippen LogP contribution is -2.51. The van der Waals surface area contributed by atoms with Crippen LogP contribution in [0.15, 0.2) is 42.5 Å². The standard InChI is InChI=1S/C20H17FN4O4S/c21-14-3-1-2-12(10-14)17(26)24-6-8-25(9-7-24)20(29)23-19-22-15-5-4-13(18(27)28)11-16(15)30-19/h1-5,10-11H,6-9H2,(H,27,28)(H,22,23,29). The van der Waals surface area contributed by atoms with Gasteiger partial charge in [-0.3, -0.25) is 10.1 Å². The van der Waals surface area contributed by atoms with Crippen LogP contribution in [0, 0.1) is 5.82 Å². The number of fused-ring (bicyclic) bond motifs is 1. The first-order chi connectivity index (χ1) is 14.4. The summed E-state index contributed by atoms with van der Waals surface area (Å²) in [6, 6.07) is 9.77. The van der Waals surface area contributed by atoms with Gasteiger partial charge in [-0.15, -0.1) is 0 Å². The van der Waals surface area contributed by atoms with Gasteiger partial charge in [0.25, 0.3) is 5.91 Å². The molecule has 1 saturated heterocycles. The molecule has 3 amide bonds. The molecule has 2 N–H and O–H groups in total. The third kappa shape index (κ3) is 4.08. The van der Waals surface area contributed by atoms with Crippen LogP contribution in [0.4, 0.5) is 14.3 Å². The summed E-state index contributed by atoms with van der Waals surface area (Å²) in [4.78, 5) is 43.6. The first-order valence-corrected chi connectivity index (χ1v) is 9.97. The van der Waals surface area contributed by atoms with Gasteiger partial charge >= 0.3 is 12.0 Å². The molecule has 154 valence electrons. The van der Waals surface area contributed by atoms with E-state index in [4.69, 9.17) is 5.11 Å². The van der Waals surface area contributed by atoms with Crippen molar-refractivity contribution in [2.75, 3.05) is 31.5 Å². The fourth-order valence-electron chi connectivity index (χ4n) is 3.20. The van der Waals surface area contributed by atoms with Crippen LogP contribution in [0.3, 0.4) is 0 Å². The van der Waals surface area contributed by atoms with Crippen molar-refractivity contribution in [3.8, 4) is 0 Å². The second-order valence-corrected chi connectivity index (χ2v) is 7.76. The van der Waals surface area contributed by atoms with Crippen LogP contribution in [0.1, 0.15) is 20.7 Å². The molecule has 2 heterocycles. The summed E-state index contributed by atoms with van der Waals surface area (Å²) in [5, 5.41) is 12.2. The minimum absolute atomic E-state index is 0.156. The Morgan fingerprint density at radius 3 is 2.43 bits per heavy atom. The molecule has 1 aliphatic heterocycles. The minimum Gasteiger partial charge on any atom is -0.478 e. The molecule has 0 bridgehead atoms. The zero-order chi connectivity index (χ0) is 21.3. The Morgan fingerprint density at radius 2 is 1.73 bits per heavy atom. The van der Waals surface area contributed by atoms with E-state index in [0.29, 0.717) is 41.5 Å². The van der Waals surface area contributed by atoms with E-state index in [1.165, 1.54) is 41.7 Å². The van der Waals surface area contributed by atoms with E-state index in [1.54, 1.807) is 21.9 Å². The second-order valence-electron chi connectivity index (χ2n) is 6.73. The van der Waals surface area contributed by atoms with Crippen LogP contribution in [-0.4, -0.2) is 64.0 Å². The fraction of sp³-hybridized carbons (Fsp3) is 0.200. The maximum absolute atomic E-state index is 13.3. The normalized spacial score (nSPS) is 14.0. The predicted octanol–water partition coefficient (Wildman–Crippen LogP) is 3.12. The number of carboxylic acids is 1. The van der Waals surface area contributed by atoms with Crippen molar-refractivity contribution in [2.45, 2.75) is 0 Å². The highest BCUT2D eigenvalue weighted by Crippen LogP contribution is 2.27. The molecule has 1 fully saturated rings. The summed E-state index contributed by atoms with van der Waals surface area (Å²) >= 11 is 1.19. The van der Waals surface area contributed by atoms with Crippen LogP contribution in [-0.2, 0) is 0 Å². The molecular weight excluding hydrogens is 411 g/mol. The number of thiazole rings is 1. The smallest absolute Gasteiger partial charge is 0.335 e. The van der Waals surface area contributed by atoms with Crippen LogP contribution >= 0.6 is 11.3 Å². The summed E-state index contributed by atoms with van der Waals surface area (Å²) in [5.41, 5.74) is 1.04. The number of urea groups is 1. The summed E-state index contributed by atoms with van der Waals surface area (Å²) in [5.74, 6) is -1.76. The molecule has 30 heavy (non-hydrogen) atoms. The van der Waals surface area contributed by atoms with Crippen molar-refractivity contribution >= 4 is 44.6 Å². The average molecular weight is 428 g/mol. The number of halogens is 1. The number of benzene rings is 2. The van der Waals surface area contributed by atoms with Crippen LogP contribution < -0.4 is 5.32 Å². The number of aromatic carboxylic acids is 1. The van der Waals surface area contributed by atoms with Crippen LogP contribution in [0.5, 0.6) is 0 Å². The molecule has 10 heteroatoms. The maximum atomic E-state index is 13.3. The molecule has 0 radical (unpaired) electrons. The number of amides is 3. The minimum atomic E-state index is -1.03. The molecule has 0 aliphatic carbocycles. The molecule has 0 unspecified atom stereocenters. The summed E-state index contributed by atoms with van der Waals surface area (Å²) in [7, 11) is 0. The number of carboxylic acid groups (broad SMARTS) is 1. The zero-order valence-corrected chi connectivity index (χ0v) is 16.5. The molecule has 0 saturated carbocycles. The van der Waals surface area contributed by atoms with E-state index in [1.807, 2.05) is 0 Å². The van der Waals surface area contributed by atoms with E-state index in [2.05, 4.69) is 10.3 Å². The Labute approximate surface area is 174 Å². The Balaban J connectivity index is 1.37. The van der Waals surface area contributed by atoms with Crippen LogP contribution in [0.25, 0.3) is 10.2 Å². The quantitative estimate of drug-likeness (QED) is 0.667. The van der Waals surface area contributed by atoms with E-state index < -0.39 is 11.8 Å². The number of aromatic nitrogens is 1. The van der Waals surface area contributed by atoms with Crippen molar-refractivity contribution < 1.29 is 23.9 Å². The molecule has 3 aromatic rings. The van der Waals surface area contributed by atoms with E-state index in [-0.39, 0.29) is 23.1 Å². The number of nitrogens with one attached hydrogen (secondary N) is 1. The third-order valence-electron chi connectivity index (χ3n) is 4.77. The zero-order valence-electron chi connectivity index (χ0n) is 15.7. The van der Waals surface area contributed by atoms with Gasteiger partial charge in [-0.25, -0.2) is 19.0 Å². The Hall–Kier alpha value is -3.53. The van der Waals surface area contributed by atoms with Gasteiger partial charge in [0.1, 0.15) is 5.82 Å². The van der Waals surface area contributed by atoms with Crippen LogP contribution in [0.2, 0.25) is 0 Å². The number of carbonyl (C=O) groups is 3. The van der Waals surface area contributed by atoms with Gasteiger partial charge < -0.3 is 14.9 Å². The van der Waals surface area contributed by atoms with Gasteiger partial charge in [-0.2, -0.15) is 0 Å². The first-order valence-electron chi connectivity index (χ1n) is 9.15. The van der Waals surface area contributed by atoms with Gasteiger partial charge in [0.2, 0.25) is 0 Å². The van der Waals surface area contributed by atoms with Gasteiger partial charge in [-0.1, -0.05) is 17.4 Å². The van der Waals surface area contributed by atoms with Gasteiger partial charge in [0.15, 0.2) is 5.13 Å². The first kappa shape index (κ1) is 19.8. The van der Waals surface area contributed by atoms with E-state index in [0.717, 1.165) is 0 Å². The number of piperazine rings is 1. The highest BCUT2D eigenvalue weighted by molar-refractivity contribution is 7.22. The number of anilines is 1. The summed E-state index contributed by atoms with van der Waals surface area (Å²) < 4.78 is 14.0. The Morgan fingerprint density at radius 1 is 1.00 bits per heavy atom. The summed E-state index contributed by atoms with van der Waals surface area (Å²) in [6.07, 6.45) is 0. The largest absolute Gasteiger partial charge is 0.478 e. The highest BCUT2D eigenvalue weighted by Gasteiger charge is 2.25. The highest BCUT2D eigenvalue weighted by atomic mass is 32.1. The number of hydrogen-bond acceptors (Lipinski definition) is 5. The number of carbonyl (C=O) groups excluding carboxylic acids is 2. The number of nitrogens with zero attached hydrogens (tertiary/aromatic N) is 3. The number of rotatable bonds is 3. The van der Waals surface area contributed by atoms with Gasteiger partial charge in [0, 0.05) is 31.7 Å². The molecule has 2 aromatic carbocycles. The third-order valence-corrected chi connectivity index (χ3v) is 5.71. The lowest BCUT2D eigenvalue weighted by molar-refractivity contribution is 0.0669. The molecule has 4 rings (SSSR count). The molecule has 8 nitrogen and oxygen atoms in total. The van der Waals surface area contributed by atoms with Crippen molar-refractivity contribution in [3.05, 3.63) is 59.4 Å². The average Bonchev–Trinajstić information content (AvgIpc) is 3.14. The maximum Gasteiger partial charge on any atom is 0.335 e. The Kier molecular flexibility index (Phi) is 5.32. The molecular formula is C20H17FN4O4S. The van der Waals surface area contributed by atoms with E-state index in [9.17, 15) is 18.8 Å². The molecule has 0 atom stereocenters. The monoisotopic (exact) mass is 428 g/mol. The van der Waals surface area contributed by atoms with Crippen molar-refractivity contribution in [2.24, 2.45) is 0 Å². The topological polar surface area (TPSA) is 103 Å². The molecule has 0 spiro atoms.